The van der Waals surface area contributed by atoms with Crippen LogP contribution in [0.4, 0.5) is 0 Å². The third-order valence-corrected chi connectivity index (χ3v) is 8.56. The topological polar surface area (TPSA) is 69.8 Å². The molecule has 34 heavy (non-hydrogen) atoms. The van der Waals surface area contributed by atoms with E-state index in [0.29, 0.717) is 5.52 Å². The molecule has 0 saturated heterocycles. The molecular formula is C26H20N4O2S2. The summed E-state index contributed by atoms with van der Waals surface area (Å²) in [6, 6.07) is 18.4. The Labute approximate surface area is 200 Å². The molecule has 0 saturated carbocycles. The summed E-state index contributed by atoms with van der Waals surface area (Å²) >= 11 is 1.54. The highest BCUT2D eigenvalue weighted by Crippen LogP contribution is 2.37. The summed E-state index contributed by atoms with van der Waals surface area (Å²) in [7, 11) is -1.79. The minimum atomic E-state index is -3.76. The fourth-order valence-corrected chi connectivity index (χ4v) is 6.49. The van der Waals surface area contributed by atoms with Gasteiger partial charge in [0, 0.05) is 52.9 Å². The van der Waals surface area contributed by atoms with Crippen molar-refractivity contribution in [1.29, 1.82) is 0 Å². The molecule has 6 rings (SSSR count). The van der Waals surface area contributed by atoms with Gasteiger partial charge in [-0.1, -0.05) is 35.9 Å². The number of thiazole rings is 1. The number of nitrogens with zero attached hydrogens (tertiary/aromatic N) is 4. The zero-order valence-electron chi connectivity index (χ0n) is 18.5. The molecule has 0 aliphatic rings. The first-order valence-electron chi connectivity index (χ1n) is 10.7. The van der Waals surface area contributed by atoms with Gasteiger partial charge in [0.2, 0.25) is 0 Å². The molecule has 0 bridgehead atoms. The molecule has 168 valence electrons. The molecule has 4 heterocycles. The van der Waals surface area contributed by atoms with E-state index >= 15 is 0 Å². The maximum atomic E-state index is 13.5. The van der Waals surface area contributed by atoms with Crippen molar-refractivity contribution < 1.29 is 8.42 Å². The fourth-order valence-electron chi connectivity index (χ4n) is 4.28. The second kappa shape index (κ2) is 7.65. The van der Waals surface area contributed by atoms with Crippen LogP contribution < -0.4 is 0 Å². The zero-order valence-corrected chi connectivity index (χ0v) is 20.1. The van der Waals surface area contributed by atoms with Crippen molar-refractivity contribution in [1.82, 2.24) is 18.5 Å². The molecule has 0 amide bonds. The first-order valence-corrected chi connectivity index (χ1v) is 13.0. The van der Waals surface area contributed by atoms with Crippen molar-refractivity contribution in [2.45, 2.75) is 11.8 Å². The standard InChI is InChI=1S/C26H20N4O2S2/c1-17-9-11-18(12-10-17)34(31,32)30-15-21(19-6-3-4-8-24(19)30)23-16-33-26(28-23)22-14-29(2)25-20(22)7-5-13-27-25/h3-16H,1-2H3. The molecule has 0 spiro atoms. The number of para-hydroxylation sites is 1. The van der Waals surface area contributed by atoms with Crippen LogP contribution in [0.25, 0.3) is 43.8 Å². The van der Waals surface area contributed by atoms with Crippen molar-refractivity contribution in [3.63, 3.8) is 0 Å². The Morgan fingerprint density at radius 2 is 1.65 bits per heavy atom. The van der Waals surface area contributed by atoms with E-state index in [1.807, 2.05) is 78.6 Å². The molecule has 0 fully saturated rings. The smallest absolute Gasteiger partial charge is 0.268 e. The number of pyridine rings is 1. The maximum Gasteiger partial charge on any atom is 0.268 e. The van der Waals surface area contributed by atoms with Crippen LogP contribution in [-0.4, -0.2) is 26.9 Å². The highest BCUT2D eigenvalue weighted by Gasteiger charge is 2.23. The number of rotatable bonds is 4. The maximum absolute atomic E-state index is 13.5. The van der Waals surface area contributed by atoms with Gasteiger partial charge in [-0.15, -0.1) is 11.3 Å². The lowest BCUT2D eigenvalue weighted by atomic mass is 10.1. The highest BCUT2D eigenvalue weighted by atomic mass is 32.2. The molecular weight excluding hydrogens is 464 g/mol. The number of hydrogen-bond donors (Lipinski definition) is 0. The van der Waals surface area contributed by atoms with Crippen LogP contribution in [0.2, 0.25) is 0 Å². The van der Waals surface area contributed by atoms with Gasteiger partial charge >= 0.3 is 0 Å². The predicted molar refractivity (Wildman–Crippen MR) is 137 cm³/mol. The molecule has 0 atom stereocenters. The Bertz CT molecular complexity index is 1790. The molecule has 0 unspecified atom stereocenters. The SMILES string of the molecule is Cc1ccc(S(=O)(=O)n2cc(-c3csc(-c4cn(C)c5ncccc45)n3)c3ccccc32)cc1. The van der Waals surface area contributed by atoms with Gasteiger partial charge in [0.15, 0.2) is 0 Å². The van der Waals surface area contributed by atoms with E-state index in [4.69, 9.17) is 4.98 Å². The fraction of sp³-hybridized carbons (Fsp3) is 0.0769. The van der Waals surface area contributed by atoms with Crippen molar-refractivity contribution in [2.24, 2.45) is 7.05 Å². The monoisotopic (exact) mass is 484 g/mol. The van der Waals surface area contributed by atoms with E-state index in [0.717, 1.165) is 43.8 Å². The number of hydrogen-bond acceptors (Lipinski definition) is 5. The van der Waals surface area contributed by atoms with E-state index in [9.17, 15) is 8.42 Å². The Hall–Kier alpha value is -3.75. The third kappa shape index (κ3) is 3.18. The Balaban J connectivity index is 1.51. The molecule has 0 N–H and O–H groups in total. The second-order valence-corrected chi connectivity index (χ2v) is 10.9. The lowest BCUT2D eigenvalue weighted by molar-refractivity contribution is 0.589. The van der Waals surface area contributed by atoms with Crippen LogP contribution in [0, 0.1) is 6.92 Å². The summed E-state index contributed by atoms with van der Waals surface area (Å²) < 4.78 is 30.4. The lowest BCUT2D eigenvalue weighted by Gasteiger charge is -2.07. The Kier molecular flexibility index (Phi) is 4.68. The van der Waals surface area contributed by atoms with Crippen LogP contribution >= 0.6 is 11.3 Å². The summed E-state index contributed by atoms with van der Waals surface area (Å²) in [6.07, 6.45) is 5.50. The minimum absolute atomic E-state index is 0.257. The largest absolute Gasteiger partial charge is 0.335 e. The molecule has 0 radical (unpaired) electrons. The van der Waals surface area contributed by atoms with Crippen molar-refractivity contribution in [3.05, 3.63) is 90.2 Å². The summed E-state index contributed by atoms with van der Waals surface area (Å²) in [4.78, 5) is 9.64. The number of aryl methyl sites for hydroxylation is 2. The second-order valence-electron chi connectivity index (χ2n) is 8.24. The van der Waals surface area contributed by atoms with E-state index in [2.05, 4.69) is 4.98 Å². The van der Waals surface area contributed by atoms with Crippen molar-refractivity contribution in [2.75, 3.05) is 0 Å². The highest BCUT2D eigenvalue weighted by molar-refractivity contribution is 7.90. The Morgan fingerprint density at radius 3 is 2.47 bits per heavy atom. The first kappa shape index (κ1) is 20.8. The summed E-state index contributed by atoms with van der Waals surface area (Å²) in [5, 5.41) is 4.73. The zero-order chi connectivity index (χ0) is 23.4. The van der Waals surface area contributed by atoms with E-state index in [1.165, 1.54) is 15.3 Å². The molecule has 0 aliphatic heterocycles. The van der Waals surface area contributed by atoms with Crippen LogP contribution in [0.15, 0.2) is 89.5 Å². The summed E-state index contributed by atoms with van der Waals surface area (Å²) in [6.45, 7) is 1.94. The van der Waals surface area contributed by atoms with E-state index < -0.39 is 10.0 Å². The summed E-state index contributed by atoms with van der Waals surface area (Å²) in [5.74, 6) is 0. The van der Waals surface area contributed by atoms with Gasteiger partial charge in [-0.2, -0.15) is 0 Å². The quantitative estimate of drug-likeness (QED) is 0.314. The van der Waals surface area contributed by atoms with Gasteiger partial charge in [-0.25, -0.2) is 22.4 Å². The minimum Gasteiger partial charge on any atom is -0.335 e. The molecule has 2 aromatic carbocycles. The van der Waals surface area contributed by atoms with Crippen LogP contribution in [0.5, 0.6) is 0 Å². The number of benzene rings is 2. The molecule has 6 nitrogen and oxygen atoms in total. The van der Waals surface area contributed by atoms with Crippen LogP contribution in [0.3, 0.4) is 0 Å². The first-order chi connectivity index (χ1) is 16.4. The normalized spacial score (nSPS) is 12.1. The molecule has 6 aromatic rings. The van der Waals surface area contributed by atoms with Gasteiger partial charge in [0.25, 0.3) is 10.0 Å². The Morgan fingerprint density at radius 1 is 0.882 bits per heavy atom. The summed E-state index contributed by atoms with van der Waals surface area (Å²) in [5.41, 5.74) is 5.08. The van der Waals surface area contributed by atoms with Crippen LogP contribution in [-0.2, 0) is 17.1 Å². The van der Waals surface area contributed by atoms with Gasteiger partial charge < -0.3 is 4.57 Å². The predicted octanol–water partition coefficient (Wildman–Crippen LogP) is 5.86. The van der Waals surface area contributed by atoms with Crippen molar-refractivity contribution in [3.8, 4) is 21.8 Å². The lowest BCUT2D eigenvalue weighted by Crippen LogP contribution is -2.11. The van der Waals surface area contributed by atoms with E-state index in [-0.39, 0.29) is 4.90 Å². The molecule has 0 aliphatic carbocycles. The average Bonchev–Trinajstić information content (AvgIpc) is 3.55. The molecule has 8 heteroatoms. The number of aromatic nitrogens is 4. The average molecular weight is 485 g/mol. The van der Waals surface area contributed by atoms with Gasteiger partial charge in [-0.3, -0.25) is 0 Å². The number of fused-ring (bicyclic) bond motifs is 2. The van der Waals surface area contributed by atoms with Gasteiger partial charge in [0.05, 0.1) is 16.1 Å². The van der Waals surface area contributed by atoms with Crippen molar-refractivity contribution >= 4 is 43.3 Å². The van der Waals surface area contributed by atoms with Gasteiger partial charge in [-0.05, 0) is 37.3 Å². The molecule has 4 aromatic heterocycles. The van der Waals surface area contributed by atoms with Crippen LogP contribution in [0.1, 0.15) is 5.56 Å². The third-order valence-electron chi connectivity index (χ3n) is 6.00. The van der Waals surface area contributed by atoms with E-state index in [1.54, 1.807) is 24.5 Å². The van der Waals surface area contributed by atoms with Gasteiger partial charge in [0.1, 0.15) is 10.7 Å².